The van der Waals surface area contributed by atoms with E-state index in [1.165, 1.54) is 11.1 Å². The van der Waals surface area contributed by atoms with E-state index in [1.54, 1.807) is 0 Å². The van der Waals surface area contributed by atoms with Crippen LogP contribution in [0.15, 0.2) is 89.9 Å². The summed E-state index contributed by atoms with van der Waals surface area (Å²) in [6.45, 7) is 2.80. The van der Waals surface area contributed by atoms with Crippen molar-refractivity contribution in [2.75, 3.05) is 25.0 Å². The van der Waals surface area contributed by atoms with Crippen LogP contribution in [0.25, 0.3) is 0 Å². The van der Waals surface area contributed by atoms with Crippen LogP contribution in [-0.2, 0) is 0 Å². The first-order valence-electron chi connectivity index (χ1n) is 10.8. The van der Waals surface area contributed by atoms with Crippen molar-refractivity contribution in [1.82, 2.24) is 10.6 Å². The summed E-state index contributed by atoms with van der Waals surface area (Å²) in [5.74, 6) is 1.34. The van der Waals surface area contributed by atoms with Gasteiger partial charge in [-0.25, -0.2) is 4.99 Å². The Kier molecular flexibility index (Phi) is 5.24. The van der Waals surface area contributed by atoms with Gasteiger partial charge in [0.25, 0.3) is 0 Å². The molecule has 2 aliphatic heterocycles. The van der Waals surface area contributed by atoms with E-state index >= 15 is 0 Å². The predicted octanol–water partition coefficient (Wildman–Crippen LogP) is 4.69. The molecule has 0 bridgehead atoms. The third-order valence-corrected chi connectivity index (χ3v) is 6.30. The first-order chi connectivity index (χ1) is 14.8. The maximum atomic E-state index is 5.10. The van der Waals surface area contributed by atoms with Gasteiger partial charge in [-0.3, -0.25) is 0 Å². The molecule has 1 saturated heterocycles. The number of anilines is 1. The van der Waals surface area contributed by atoms with Crippen LogP contribution >= 0.6 is 0 Å². The molecule has 1 fully saturated rings. The van der Waals surface area contributed by atoms with Crippen LogP contribution in [0, 0.1) is 0 Å². The highest BCUT2D eigenvalue weighted by Gasteiger charge is 2.40. The molecular formula is C26H28N4. The second kappa shape index (κ2) is 8.33. The SMILES string of the molecule is c1ccc(C(CNC2=Nc3ccccc3NC23CCNCC3)c2ccccc2)cc1. The monoisotopic (exact) mass is 396 g/mol. The van der Waals surface area contributed by atoms with Gasteiger partial charge in [-0.05, 0) is 49.2 Å². The Balaban J connectivity index is 1.47. The van der Waals surface area contributed by atoms with E-state index in [0.29, 0.717) is 0 Å². The quantitative estimate of drug-likeness (QED) is 0.600. The topological polar surface area (TPSA) is 48.5 Å². The summed E-state index contributed by atoms with van der Waals surface area (Å²) >= 11 is 0. The molecule has 4 nitrogen and oxygen atoms in total. The molecule has 0 aliphatic carbocycles. The molecule has 3 aromatic carbocycles. The number of aliphatic imine (C=N–C) groups is 1. The molecule has 1 spiro atoms. The van der Waals surface area contributed by atoms with Gasteiger partial charge in [0, 0.05) is 12.5 Å². The molecule has 0 unspecified atom stereocenters. The van der Waals surface area contributed by atoms with Gasteiger partial charge in [0.1, 0.15) is 5.84 Å². The Bertz CT molecular complexity index is 968. The zero-order valence-corrected chi connectivity index (χ0v) is 17.1. The lowest BCUT2D eigenvalue weighted by Gasteiger charge is -2.43. The number of fused-ring (bicyclic) bond motifs is 1. The number of benzene rings is 3. The number of nitrogens with zero attached hydrogens (tertiary/aromatic N) is 1. The molecule has 30 heavy (non-hydrogen) atoms. The number of para-hydroxylation sites is 2. The van der Waals surface area contributed by atoms with Gasteiger partial charge >= 0.3 is 0 Å². The van der Waals surface area contributed by atoms with Crippen LogP contribution in [0.3, 0.4) is 0 Å². The molecule has 0 atom stereocenters. The number of hydrogen-bond donors (Lipinski definition) is 3. The van der Waals surface area contributed by atoms with E-state index in [2.05, 4.69) is 101 Å². The van der Waals surface area contributed by atoms with E-state index in [1.807, 2.05) is 0 Å². The van der Waals surface area contributed by atoms with Crippen molar-refractivity contribution in [3.8, 4) is 0 Å². The van der Waals surface area contributed by atoms with E-state index in [4.69, 9.17) is 4.99 Å². The average Bonchev–Trinajstić information content (AvgIpc) is 2.81. The summed E-state index contributed by atoms with van der Waals surface area (Å²) in [5.41, 5.74) is 4.66. The summed E-state index contributed by atoms with van der Waals surface area (Å²) in [6.07, 6.45) is 2.04. The van der Waals surface area contributed by atoms with Crippen molar-refractivity contribution < 1.29 is 0 Å². The van der Waals surface area contributed by atoms with Crippen molar-refractivity contribution in [3.63, 3.8) is 0 Å². The third kappa shape index (κ3) is 3.71. The molecule has 4 heteroatoms. The first-order valence-corrected chi connectivity index (χ1v) is 10.8. The Morgan fingerprint density at radius 2 is 1.40 bits per heavy atom. The van der Waals surface area contributed by atoms with Gasteiger partial charge in [-0.1, -0.05) is 72.8 Å². The summed E-state index contributed by atoms with van der Waals surface area (Å²) < 4.78 is 0. The van der Waals surface area contributed by atoms with Gasteiger partial charge in [-0.15, -0.1) is 0 Å². The Morgan fingerprint density at radius 3 is 2.07 bits per heavy atom. The maximum absolute atomic E-state index is 5.10. The molecule has 5 rings (SSSR count). The van der Waals surface area contributed by atoms with E-state index in [0.717, 1.165) is 49.7 Å². The minimum atomic E-state index is -0.127. The third-order valence-electron chi connectivity index (χ3n) is 6.30. The fourth-order valence-corrected chi connectivity index (χ4v) is 4.64. The first kappa shape index (κ1) is 18.9. The second-order valence-electron chi connectivity index (χ2n) is 8.19. The van der Waals surface area contributed by atoms with Crippen molar-refractivity contribution in [2.45, 2.75) is 24.3 Å². The number of amidine groups is 1. The molecule has 0 aromatic heterocycles. The Hall–Kier alpha value is -3.11. The second-order valence-corrected chi connectivity index (χ2v) is 8.19. The smallest absolute Gasteiger partial charge is 0.128 e. The van der Waals surface area contributed by atoms with Crippen LogP contribution in [0.4, 0.5) is 11.4 Å². The van der Waals surface area contributed by atoms with Crippen LogP contribution < -0.4 is 16.0 Å². The van der Waals surface area contributed by atoms with Crippen molar-refractivity contribution in [1.29, 1.82) is 0 Å². The number of piperidine rings is 1. The highest BCUT2D eigenvalue weighted by atomic mass is 15.2. The minimum absolute atomic E-state index is 0.127. The summed E-state index contributed by atoms with van der Waals surface area (Å²) in [4.78, 5) is 5.10. The lowest BCUT2D eigenvalue weighted by molar-refractivity contribution is 0.412. The number of hydrogen-bond acceptors (Lipinski definition) is 4. The summed E-state index contributed by atoms with van der Waals surface area (Å²) in [6, 6.07) is 29.9. The van der Waals surface area contributed by atoms with Gasteiger partial charge in [0.15, 0.2) is 0 Å². The number of nitrogens with one attached hydrogen (secondary N) is 3. The Morgan fingerprint density at radius 1 is 0.800 bits per heavy atom. The van der Waals surface area contributed by atoms with E-state index < -0.39 is 0 Å². The molecule has 3 aromatic rings. The van der Waals surface area contributed by atoms with Crippen molar-refractivity contribution >= 4 is 17.2 Å². The van der Waals surface area contributed by atoms with Gasteiger partial charge in [0.05, 0.1) is 16.9 Å². The van der Waals surface area contributed by atoms with Gasteiger partial charge in [0.2, 0.25) is 0 Å². The molecule has 152 valence electrons. The molecule has 0 saturated carbocycles. The molecule has 3 N–H and O–H groups in total. The van der Waals surface area contributed by atoms with Crippen molar-refractivity contribution in [3.05, 3.63) is 96.1 Å². The fraction of sp³-hybridized carbons (Fsp3) is 0.269. The average molecular weight is 397 g/mol. The summed E-state index contributed by atoms with van der Waals surface area (Å²) in [5, 5.41) is 11.1. The van der Waals surface area contributed by atoms with E-state index in [-0.39, 0.29) is 11.5 Å². The number of rotatable bonds is 4. The lowest BCUT2D eigenvalue weighted by atomic mass is 9.84. The van der Waals surface area contributed by atoms with E-state index in [9.17, 15) is 0 Å². The standard InChI is InChI=1S/C26H28N4/c1-3-9-20(10-4-1)22(21-11-5-2-6-12-21)19-28-25-26(15-17-27-18-16-26)30-24-14-8-7-13-23(24)29-25/h1-14,22,27,30H,15-19H2,(H,28,29). The zero-order chi connectivity index (χ0) is 20.2. The highest BCUT2D eigenvalue weighted by molar-refractivity contribution is 6.00. The van der Waals surface area contributed by atoms with Crippen LogP contribution in [-0.4, -0.2) is 31.0 Å². The Labute approximate surface area is 178 Å². The van der Waals surface area contributed by atoms with Crippen molar-refractivity contribution in [2.24, 2.45) is 4.99 Å². The predicted molar refractivity (Wildman–Crippen MR) is 125 cm³/mol. The lowest BCUT2D eigenvalue weighted by Crippen LogP contribution is -2.59. The normalized spacial score (nSPS) is 17.2. The molecule has 0 amide bonds. The summed E-state index contributed by atoms with van der Waals surface area (Å²) in [7, 11) is 0. The zero-order valence-electron chi connectivity index (χ0n) is 17.1. The maximum Gasteiger partial charge on any atom is 0.128 e. The molecular weight excluding hydrogens is 368 g/mol. The van der Waals surface area contributed by atoms with Gasteiger partial charge in [-0.2, -0.15) is 0 Å². The van der Waals surface area contributed by atoms with Crippen LogP contribution in [0.2, 0.25) is 0 Å². The minimum Gasteiger partial charge on any atom is -0.371 e. The van der Waals surface area contributed by atoms with Gasteiger partial charge < -0.3 is 16.0 Å². The fourth-order valence-electron chi connectivity index (χ4n) is 4.64. The molecule has 2 heterocycles. The molecule has 2 aliphatic rings. The largest absolute Gasteiger partial charge is 0.371 e. The molecule has 0 radical (unpaired) electrons. The van der Waals surface area contributed by atoms with Crippen LogP contribution in [0.1, 0.15) is 29.9 Å². The highest BCUT2D eigenvalue weighted by Crippen LogP contribution is 2.37. The van der Waals surface area contributed by atoms with Crippen LogP contribution in [0.5, 0.6) is 0 Å².